The molecule has 0 aliphatic carbocycles. The lowest BCUT2D eigenvalue weighted by Gasteiger charge is -2.13. The second-order valence-electron chi connectivity index (χ2n) is 6.28. The van der Waals surface area contributed by atoms with E-state index in [0.29, 0.717) is 12.2 Å². The van der Waals surface area contributed by atoms with E-state index in [9.17, 15) is 9.90 Å². The summed E-state index contributed by atoms with van der Waals surface area (Å²) < 4.78 is 5.65. The highest BCUT2D eigenvalue weighted by molar-refractivity contribution is 5.89. The van der Waals surface area contributed by atoms with Crippen molar-refractivity contribution in [2.24, 2.45) is 0 Å². The van der Waals surface area contributed by atoms with Gasteiger partial charge in [0, 0.05) is 12.4 Å². The topological polar surface area (TPSA) is 79.7 Å². The van der Waals surface area contributed by atoms with Crippen LogP contribution in [0.1, 0.15) is 22.3 Å². The summed E-state index contributed by atoms with van der Waals surface area (Å²) in [5.41, 5.74) is 3.08. The number of benzene rings is 2. The van der Waals surface area contributed by atoms with Gasteiger partial charge in [0.2, 0.25) is 0 Å². The average Bonchev–Trinajstić information content (AvgIpc) is 2.72. The van der Waals surface area contributed by atoms with Crippen LogP contribution in [0.15, 0.2) is 73.1 Å². The van der Waals surface area contributed by atoms with E-state index in [0.717, 1.165) is 23.1 Å². The molecule has 0 fully saturated rings. The van der Waals surface area contributed by atoms with Crippen molar-refractivity contribution in [3.8, 4) is 16.9 Å². The van der Waals surface area contributed by atoms with Crippen molar-refractivity contribution in [3.63, 3.8) is 0 Å². The summed E-state index contributed by atoms with van der Waals surface area (Å²) in [6, 6.07) is 18.0. The number of carbonyl (C=O) groups is 1. The molecular weight excluding hydrogens is 342 g/mol. The van der Waals surface area contributed by atoms with Crippen LogP contribution in [-0.4, -0.2) is 33.9 Å². The molecule has 0 saturated carbocycles. The summed E-state index contributed by atoms with van der Waals surface area (Å²) in [6.07, 6.45) is 4.32. The zero-order chi connectivity index (χ0) is 19.1. The standard InChI is InChI=1S/C22H21NO4/c24-20(9-6-16-3-2-12-23-14-16)15-27-21-10-7-17(8-11-21)18-4-1-5-19(13-18)22(25)26/h1-5,7-8,10-14,20,24H,6,9,15H2,(H,25,26)/t20-/m1/s1. The Morgan fingerprint density at radius 2 is 1.85 bits per heavy atom. The number of hydrogen-bond acceptors (Lipinski definition) is 4. The molecule has 0 saturated heterocycles. The van der Waals surface area contributed by atoms with Crippen molar-refractivity contribution in [1.29, 1.82) is 0 Å². The summed E-state index contributed by atoms with van der Waals surface area (Å²) in [5, 5.41) is 19.2. The molecule has 0 aliphatic heterocycles. The smallest absolute Gasteiger partial charge is 0.335 e. The van der Waals surface area contributed by atoms with Crippen LogP contribution < -0.4 is 4.74 Å². The van der Waals surface area contributed by atoms with E-state index in [2.05, 4.69) is 4.98 Å². The molecule has 1 aromatic heterocycles. The van der Waals surface area contributed by atoms with Crippen molar-refractivity contribution in [3.05, 3.63) is 84.2 Å². The number of hydrogen-bond donors (Lipinski definition) is 2. The third-order valence-electron chi connectivity index (χ3n) is 4.23. The lowest BCUT2D eigenvalue weighted by Crippen LogP contribution is -2.18. The highest BCUT2D eigenvalue weighted by Gasteiger charge is 2.08. The van der Waals surface area contributed by atoms with Gasteiger partial charge in [0.05, 0.1) is 11.7 Å². The summed E-state index contributed by atoms with van der Waals surface area (Å²) in [7, 11) is 0. The SMILES string of the molecule is O=C(O)c1cccc(-c2ccc(OC[C@H](O)CCc3cccnc3)cc2)c1. The Morgan fingerprint density at radius 1 is 1.04 bits per heavy atom. The number of aromatic nitrogens is 1. The number of aliphatic hydroxyl groups excluding tert-OH is 1. The first-order chi connectivity index (χ1) is 13.1. The fourth-order valence-corrected chi connectivity index (χ4v) is 2.73. The summed E-state index contributed by atoms with van der Waals surface area (Å²) in [6.45, 7) is 0.216. The Kier molecular flexibility index (Phi) is 6.18. The van der Waals surface area contributed by atoms with Crippen LogP contribution in [0.4, 0.5) is 0 Å². The molecule has 1 heterocycles. The van der Waals surface area contributed by atoms with Gasteiger partial charge in [-0.2, -0.15) is 0 Å². The van der Waals surface area contributed by atoms with Gasteiger partial charge in [-0.1, -0.05) is 30.3 Å². The second-order valence-corrected chi connectivity index (χ2v) is 6.28. The summed E-state index contributed by atoms with van der Waals surface area (Å²) in [5.74, 6) is -0.286. The molecule has 2 aromatic carbocycles. The minimum atomic E-state index is -0.947. The quantitative estimate of drug-likeness (QED) is 0.636. The Balaban J connectivity index is 1.53. The predicted molar refractivity (Wildman–Crippen MR) is 103 cm³/mol. The largest absolute Gasteiger partial charge is 0.491 e. The first kappa shape index (κ1) is 18.6. The van der Waals surface area contributed by atoms with E-state index in [4.69, 9.17) is 9.84 Å². The van der Waals surface area contributed by atoms with Crippen LogP contribution in [-0.2, 0) is 6.42 Å². The summed E-state index contributed by atoms with van der Waals surface area (Å²) in [4.78, 5) is 15.1. The lowest BCUT2D eigenvalue weighted by atomic mass is 10.0. The van der Waals surface area contributed by atoms with Crippen LogP contribution in [0.2, 0.25) is 0 Å². The Hall–Kier alpha value is -3.18. The molecule has 0 spiro atoms. The molecule has 0 bridgehead atoms. The molecule has 5 heteroatoms. The molecule has 0 radical (unpaired) electrons. The first-order valence-corrected chi connectivity index (χ1v) is 8.75. The minimum absolute atomic E-state index is 0.216. The van der Waals surface area contributed by atoms with Crippen molar-refractivity contribution in [2.45, 2.75) is 18.9 Å². The fraction of sp³-hybridized carbons (Fsp3) is 0.182. The fourth-order valence-electron chi connectivity index (χ4n) is 2.73. The van der Waals surface area contributed by atoms with E-state index >= 15 is 0 Å². The van der Waals surface area contributed by atoms with Crippen LogP contribution in [0.25, 0.3) is 11.1 Å². The van der Waals surface area contributed by atoms with Crippen molar-refractivity contribution in [2.75, 3.05) is 6.61 Å². The maximum Gasteiger partial charge on any atom is 0.335 e. The molecule has 2 N–H and O–H groups in total. The first-order valence-electron chi connectivity index (χ1n) is 8.75. The van der Waals surface area contributed by atoms with Crippen LogP contribution in [0.5, 0.6) is 5.75 Å². The van der Waals surface area contributed by atoms with E-state index in [1.165, 1.54) is 0 Å². The van der Waals surface area contributed by atoms with E-state index in [1.54, 1.807) is 30.6 Å². The van der Waals surface area contributed by atoms with E-state index in [1.807, 2.05) is 42.5 Å². The van der Waals surface area contributed by atoms with Gasteiger partial charge in [-0.05, 0) is 59.9 Å². The number of aromatic carboxylic acids is 1. The molecule has 3 rings (SSSR count). The van der Waals surface area contributed by atoms with Gasteiger partial charge in [-0.3, -0.25) is 4.98 Å². The number of aryl methyl sites for hydroxylation is 1. The van der Waals surface area contributed by atoms with Crippen molar-refractivity contribution in [1.82, 2.24) is 4.98 Å². The number of carboxylic acid groups (broad SMARTS) is 1. The van der Waals surface area contributed by atoms with Crippen LogP contribution in [0, 0.1) is 0 Å². The Labute approximate surface area is 157 Å². The van der Waals surface area contributed by atoms with E-state index in [-0.39, 0.29) is 12.2 Å². The molecule has 0 unspecified atom stereocenters. The van der Waals surface area contributed by atoms with Gasteiger partial charge in [0.1, 0.15) is 12.4 Å². The summed E-state index contributed by atoms with van der Waals surface area (Å²) >= 11 is 0. The van der Waals surface area contributed by atoms with Gasteiger partial charge in [0.15, 0.2) is 0 Å². The van der Waals surface area contributed by atoms with Gasteiger partial charge in [-0.25, -0.2) is 4.79 Å². The number of nitrogens with zero attached hydrogens (tertiary/aromatic N) is 1. The molecule has 5 nitrogen and oxygen atoms in total. The van der Waals surface area contributed by atoms with Crippen LogP contribution >= 0.6 is 0 Å². The van der Waals surface area contributed by atoms with Crippen molar-refractivity contribution < 1.29 is 19.7 Å². The second kappa shape index (κ2) is 8.96. The molecule has 0 aliphatic rings. The van der Waals surface area contributed by atoms with E-state index < -0.39 is 12.1 Å². The predicted octanol–water partition coefficient (Wildman–Crippen LogP) is 3.82. The minimum Gasteiger partial charge on any atom is -0.491 e. The maximum atomic E-state index is 11.1. The third kappa shape index (κ3) is 5.39. The van der Waals surface area contributed by atoms with Gasteiger partial charge in [0.25, 0.3) is 0 Å². The van der Waals surface area contributed by atoms with Gasteiger partial charge in [-0.15, -0.1) is 0 Å². The highest BCUT2D eigenvalue weighted by Crippen LogP contribution is 2.23. The van der Waals surface area contributed by atoms with Gasteiger partial charge >= 0.3 is 5.97 Å². The molecule has 3 aromatic rings. The third-order valence-corrected chi connectivity index (χ3v) is 4.23. The number of rotatable bonds is 8. The maximum absolute atomic E-state index is 11.1. The number of aliphatic hydroxyl groups is 1. The normalized spacial score (nSPS) is 11.7. The van der Waals surface area contributed by atoms with Crippen LogP contribution in [0.3, 0.4) is 0 Å². The Bertz CT molecular complexity index is 878. The highest BCUT2D eigenvalue weighted by atomic mass is 16.5. The number of carboxylic acids is 1. The lowest BCUT2D eigenvalue weighted by molar-refractivity contribution is 0.0697. The molecule has 138 valence electrons. The zero-order valence-electron chi connectivity index (χ0n) is 14.8. The average molecular weight is 363 g/mol. The molecule has 27 heavy (non-hydrogen) atoms. The number of ether oxygens (including phenoxy) is 1. The Morgan fingerprint density at radius 3 is 2.56 bits per heavy atom. The number of pyridine rings is 1. The van der Waals surface area contributed by atoms with Crippen molar-refractivity contribution >= 4 is 5.97 Å². The monoisotopic (exact) mass is 363 g/mol. The molecular formula is C22H21NO4. The molecule has 1 atom stereocenters. The zero-order valence-corrected chi connectivity index (χ0v) is 14.8. The molecule has 0 amide bonds. The van der Waals surface area contributed by atoms with Gasteiger partial charge < -0.3 is 14.9 Å².